The van der Waals surface area contributed by atoms with Crippen LogP contribution in [0.2, 0.25) is 0 Å². The highest BCUT2D eigenvalue weighted by atomic mass is 16.5. The van der Waals surface area contributed by atoms with Crippen LogP contribution in [0, 0.1) is 18.3 Å². The van der Waals surface area contributed by atoms with Crippen molar-refractivity contribution in [3.8, 4) is 6.07 Å². The molecule has 2 N–H and O–H groups in total. The van der Waals surface area contributed by atoms with E-state index in [1.54, 1.807) is 31.6 Å². The molecule has 1 unspecified atom stereocenters. The average molecular weight is 473 g/mol. The van der Waals surface area contributed by atoms with Crippen molar-refractivity contribution in [1.82, 2.24) is 20.2 Å². The minimum Gasteiger partial charge on any atom is -0.378 e. The van der Waals surface area contributed by atoms with Gasteiger partial charge in [-0.15, -0.1) is 0 Å². The van der Waals surface area contributed by atoms with Crippen molar-refractivity contribution in [2.45, 2.75) is 31.4 Å². The predicted molar refractivity (Wildman–Crippen MR) is 130 cm³/mol. The Balaban J connectivity index is 1.38. The maximum atomic E-state index is 13.0. The molecule has 35 heavy (non-hydrogen) atoms. The van der Waals surface area contributed by atoms with Gasteiger partial charge in [0, 0.05) is 55.0 Å². The van der Waals surface area contributed by atoms with Crippen molar-refractivity contribution >= 4 is 17.2 Å². The average Bonchev–Trinajstić information content (AvgIpc) is 3.71. The molecule has 1 saturated carbocycles. The number of amides is 1. The summed E-state index contributed by atoms with van der Waals surface area (Å²) in [6, 6.07) is 7.62. The number of nitrogens with zero attached hydrogens (tertiary/aromatic N) is 4. The molecular formula is C26H28N6O3. The van der Waals surface area contributed by atoms with Gasteiger partial charge >= 0.3 is 0 Å². The number of rotatable bonds is 6. The van der Waals surface area contributed by atoms with Crippen LogP contribution in [-0.4, -0.2) is 60.4 Å². The number of methoxy groups -OCH3 is 1. The first kappa shape index (κ1) is 23.0. The van der Waals surface area contributed by atoms with Gasteiger partial charge in [-0.1, -0.05) is 0 Å². The van der Waals surface area contributed by atoms with Crippen molar-refractivity contribution in [1.29, 1.82) is 5.26 Å². The number of pyridine rings is 2. The van der Waals surface area contributed by atoms with Gasteiger partial charge in [0.25, 0.3) is 5.91 Å². The standard InChI is InChI=1S/C26H28N6O3/c1-17-21(19-11-22(25(34-2)30-14-19)32-7-9-35-10-8-32)13-20(15-29-17)31-24(33)18-3-6-28-23(12-18)26(16-27)4-5-26/h3,6,11-15,25,30H,4-5,7-10H2,1-2H3,(H,31,33). The van der Waals surface area contributed by atoms with E-state index >= 15 is 0 Å². The molecule has 4 heterocycles. The topological polar surface area (TPSA) is 112 Å². The minimum absolute atomic E-state index is 0.239. The maximum absolute atomic E-state index is 13.0. The lowest BCUT2D eigenvalue weighted by atomic mass is 10.0. The molecule has 5 rings (SSSR count). The van der Waals surface area contributed by atoms with E-state index in [9.17, 15) is 10.1 Å². The third-order valence-corrected chi connectivity index (χ3v) is 6.71. The van der Waals surface area contributed by atoms with E-state index in [2.05, 4.69) is 37.6 Å². The van der Waals surface area contributed by atoms with Crippen LogP contribution in [0.25, 0.3) is 5.57 Å². The molecule has 2 fully saturated rings. The lowest BCUT2D eigenvalue weighted by Crippen LogP contribution is -2.44. The third-order valence-electron chi connectivity index (χ3n) is 6.71. The summed E-state index contributed by atoms with van der Waals surface area (Å²) in [5.41, 5.74) is 4.92. The lowest BCUT2D eigenvalue weighted by Gasteiger charge is -2.36. The van der Waals surface area contributed by atoms with E-state index in [-0.39, 0.29) is 12.1 Å². The van der Waals surface area contributed by atoms with Crippen molar-refractivity contribution in [2.75, 3.05) is 38.7 Å². The predicted octanol–water partition coefficient (Wildman–Crippen LogP) is 2.73. The molecule has 2 aromatic heterocycles. The summed E-state index contributed by atoms with van der Waals surface area (Å²) in [6.45, 7) is 4.91. The van der Waals surface area contributed by atoms with Crippen LogP contribution in [0.1, 0.15) is 40.2 Å². The first-order valence-electron chi connectivity index (χ1n) is 11.7. The maximum Gasteiger partial charge on any atom is 0.255 e. The Labute approximate surface area is 204 Å². The third kappa shape index (κ3) is 4.63. The van der Waals surface area contributed by atoms with Gasteiger partial charge in [0.2, 0.25) is 0 Å². The second-order valence-electron chi connectivity index (χ2n) is 8.99. The first-order valence-corrected chi connectivity index (χ1v) is 11.7. The highest BCUT2D eigenvalue weighted by Crippen LogP contribution is 2.46. The zero-order valence-corrected chi connectivity index (χ0v) is 19.9. The molecule has 0 bridgehead atoms. The normalized spacial score (nSPS) is 20.7. The van der Waals surface area contributed by atoms with Gasteiger partial charge in [-0.25, -0.2) is 0 Å². The number of ether oxygens (including phenoxy) is 2. The minimum atomic E-state index is -0.542. The molecule has 9 nitrogen and oxygen atoms in total. The molecule has 1 saturated heterocycles. The molecule has 0 aromatic carbocycles. The second kappa shape index (κ2) is 9.49. The van der Waals surface area contributed by atoms with Crippen LogP contribution < -0.4 is 10.6 Å². The Hall–Kier alpha value is -3.74. The van der Waals surface area contributed by atoms with Crippen LogP contribution in [0.4, 0.5) is 5.69 Å². The second-order valence-corrected chi connectivity index (χ2v) is 8.99. The van der Waals surface area contributed by atoms with E-state index in [0.717, 1.165) is 48.5 Å². The van der Waals surface area contributed by atoms with Gasteiger partial charge in [-0.3, -0.25) is 14.8 Å². The zero-order chi connectivity index (χ0) is 24.4. The zero-order valence-electron chi connectivity index (χ0n) is 19.9. The monoisotopic (exact) mass is 472 g/mol. The van der Waals surface area contributed by atoms with E-state index < -0.39 is 5.41 Å². The number of nitriles is 1. The summed E-state index contributed by atoms with van der Waals surface area (Å²) in [7, 11) is 1.68. The molecule has 2 aromatic rings. The number of carbonyl (C=O) groups excluding carboxylic acids is 1. The van der Waals surface area contributed by atoms with Gasteiger partial charge in [0.1, 0.15) is 0 Å². The number of morpholine rings is 1. The summed E-state index contributed by atoms with van der Waals surface area (Å²) >= 11 is 0. The molecule has 1 atom stereocenters. The van der Waals surface area contributed by atoms with E-state index in [4.69, 9.17) is 9.47 Å². The number of aryl methyl sites for hydroxylation is 1. The number of anilines is 1. The van der Waals surface area contributed by atoms with Gasteiger partial charge in [0.05, 0.1) is 48.0 Å². The van der Waals surface area contributed by atoms with Crippen LogP contribution in [0.3, 0.4) is 0 Å². The van der Waals surface area contributed by atoms with Crippen LogP contribution in [0.5, 0.6) is 0 Å². The molecular weight excluding hydrogens is 444 g/mol. The van der Waals surface area contributed by atoms with E-state index in [1.807, 2.05) is 19.2 Å². The molecule has 3 aliphatic rings. The lowest BCUT2D eigenvalue weighted by molar-refractivity contribution is 0.0256. The van der Waals surface area contributed by atoms with Crippen LogP contribution in [-0.2, 0) is 14.9 Å². The Bertz CT molecular complexity index is 1240. The fourth-order valence-corrected chi connectivity index (χ4v) is 4.43. The summed E-state index contributed by atoms with van der Waals surface area (Å²) in [6.07, 6.45) is 8.58. The molecule has 180 valence electrons. The van der Waals surface area contributed by atoms with E-state index in [0.29, 0.717) is 30.2 Å². The van der Waals surface area contributed by atoms with Gasteiger partial charge in [-0.05, 0) is 44.0 Å². The van der Waals surface area contributed by atoms with Gasteiger partial charge in [0.15, 0.2) is 6.23 Å². The van der Waals surface area contributed by atoms with Gasteiger partial charge in [-0.2, -0.15) is 5.26 Å². The van der Waals surface area contributed by atoms with Gasteiger partial charge < -0.3 is 25.0 Å². The Morgan fingerprint density at radius 3 is 2.83 bits per heavy atom. The molecule has 9 heteroatoms. The van der Waals surface area contributed by atoms with Crippen molar-refractivity contribution < 1.29 is 14.3 Å². The smallest absolute Gasteiger partial charge is 0.255 e. The van der Waals surface area contributed by atoms with E-state index in [1.165, 1.54) is 0 Å². The van der Waals surface area contributed by atoms with Crippen molar-refractivity contribution in [3.63, 3.8) is 0 Å². The molecule has 0 radical (unpaired) electrons. The largest absolute Gasteiger partial charge is 0.378 e. The molecule has 0 spiro atoms. The summed E-state index contributed by atoms with van der Waals surface area (Å²) < 4.78 is 11.1. The number of carbonyl (C=O) groups is 1. The summed E-state index contributed by atoms with van der Waals surface area (Å²) in [4.78, 5) is 24.1. The highest BCUT2D eigenvalue weighted by Gasteiger charge is 2.46. The molecule has 2 aliphatic heterocycles. The van der Waals surface area contributed by atoms with Crippen molar-refractivity contribution in [3.05, 3.63) is 71.1 Å². The SMILES string of the molecule is COC1NC=C(c2cc(NC(=O)c3ccnc(C4(C#N)CC4)c3)cnc2C)C=C1N1CCOCC1. The Kier molecular flexibility index (Phi) is 6.24. The number of aromatic nitrogens is 2. The molecule has 1 aliphatic carbocycles. The number of dihydropyridines is 1. The quantitative estimate of drug-likeness (QED) is 0.660. The van der Waals surface area contributed by atoms with Crippen LogP contribution >= 0.6 is 0 Å². The fourth-order valence-electron chi connectivity index (χ4n) is 4.43. The summed E-state index contributed by atoms with van der Waals surface area (Å²) in [5.74, 6) is -0.265. The number of allylic oxidation sites excluding steroid dienone is 2. The Morgan fingerprint density at radius 1 is 1.31 bits per heavy atom. The number of hydrogen-bond donors (Lipinski definition) is 2. The van der Waals surface area contributed by atoms with Crippen LogP contribution in [0.15, 0.2) is 48.6 Å². The molecule has 1 amide bonds. The highest BCUT2D eigenvalue weighted by molar-refractivity contribution is 6.04. The Morgan fingerprint density at radius 2 is 2.11 bits per heavy atom. The summed E-state index contributed by atoms with van der Waals surface area (Å²) in [5, 5.41) is 15.7. The number of nitrogens with one attached hydrogen (secondary N) is 2. The first-order chi connectivity index (χ1) is 17.0. The fraction of sp³-hybridized carbons (Fsp3) is 0.385. The number of hydrogen-bond acceptors (Lipinski definition) is 8. The van der Waals surface area contributed by atoms with Crippen molar-refractivity contribution in [2.24, 2.45) is 0 Å².